The van der Waals surface area contributed by atoms with Gasteiger partial charge in [0.2, 0.25) is 0 Å². The zero-order valence-electron chi connectivity index (χ0n) is 8.84. The van der Waals surface area contributed by atoms with Crippen LogP contribution in [0.5, 0.6) is 0 Å². The third-order valence-corrected chi connectivity index (χ3v) is 4.04. The largest absolute Gasteiger partial charge is 0.373 e. The summed E-state index contributed by atoms with van der Waals surface area (Å²) < 4.78 is 10.8. The average Bonchev–Trinajstić information content (AvgIpc) is 3.03. The molecule has 2 heterocycles. The van der Waals surface area contributed by atoms with Gasteiger partial charge in [-0.05, 0) is 31.1 Å². The normalized spacial score (nSPS) is 39.4. The first-order valence-corrected chi connectivity index (χ1v) is 6.10. The minimum atomic E-state index is 0.598. The van der Waals surface area contributed by atoms with E-state index in [4.69, 9.17) is 9.47 Å². The van der Waals surface area contributed by atoms with Gasteiger partial charge < -0.3 is 9.47 Å². The third-order valence-electron chi connectivity index (χ3n) is 4.04. The third kappa shape index (κ3) is 2.12. The second kappa shape index (κ2) is 3.49. The van der Waals surface area contributed by atoms with Crippen molar-refractivity contribution in [1.29, 1.82) is 0 Å². The van der Waals surface area contributed by atoms with Crippen LogP contribution in [0.2, 0.25) is 0 Å². The Balaban J connectivity index is 1.62. The molecule has 1 aliphatic carbocycles. The molecule has 0 amide bonds. The summed E-state index contributed by atoms with van der Waals surface area (Å²) in [7, 11) is 0. The number of hydrogen-bond acceptors (Lipinski definition) is 2. The quantitative estimate of drug-likeness (QED) is 0.645. The first kappa shape index (κ1) is 9.17. The summed E-state index contributed by atoms with van der Waals surface area (Å²) in [5.41, 5.74) is 0.598. The molecule has 0 spiro atoms. The Morgan fingerprint density at radius 1 is 0.857 bits per heavy atom. The maximum absolute atomic E-state index is 5.40. The lowest BCUT2D eigenvalue weighted by Gasteiger charge is -2.36. The van der Waals surface area contributed by atoms with E-state index in [2.05, 4.69) is 0 Å². The summed E-state index contributed by atoms with van der Waals surface area (Å²) in [5.74, 6) is 0. The summed E-state index contributed by atoms with van der Waals surface area (Å²) in [6.45, 7) is 2.04. The van der Waals surface area contributed by atoms with Crippen molar-refractivity contribution < 1.29 is 9.47 Å². The molecule has 0 N–H and O–H groups in total. The van der Waals surface area contributed by atoms with Crippen molar-refractivity contribution in [1.82, 2.24) is 0 Å². The Morgan fingerprint density at radius 3 is 1.79 bits per heavy atom. The standard InChI is InChI=1S/C12H20O2/c1-2-4-12(5-3-1,6-10-8-13-10)7-11-9-14-11/h10-11H,1-9H2. The van der Waals surface area contributed by atoms with Gasteiger partial charge in [0.15, 0.2) is 0 Å². The van der Waals surface area contributed by atoms with Crippen LogP contribution in [0.15, 0.2) is 0 Å². The molecule has 2 aliphatic heterocycles. The number of ether oxygens (including phenoxy) is 2. The minimum Gasteiger partial charge on any atom is -0.373 e. The van der Waals surface area contributed by atoms with Gasteiger partial charge in [0, 0.05) is 0 Å². The van der Waals surface area contributed by atoms with Crippen LogP contribution in [0, 0.1) is 5.41 Å². The highest BCUT2D eigenvalue weighted by Crippen LogP contribution is 2.47. The van der Waals surface area contributed by atoms with E-state index in [0.717, 1.165) is 13.2 Å². The lowest BCUT2D eigenvalue weighted by Crippen LogP contribution is -2.27. The number of rotatable bonds is 4. The van der Waals surface area contributed by atoms with Crippen LogP contribution in [0.4, 0.5) is 0 Å². The van der Waals surface area contributed by atoms with E-state index in [1.54, 1.807) is 0 Å². The molecule has 2 nitrogen and oxygen atoms in total. The van der Waals surface area contributed by atoms with Crippen molar-refractivity contribution in [2.24, 2.45) is 5.41 Å². The molecule has 0 radical (unpaired) electrons. The predicted molar refractivity (Wildman–Crippen MR) is 54.2 cm³/mol. The van der Waals surface area contributed by atoms with Gasteiger partial charge in [-0.25, -0.2) is 0 Å². The van der Waals surface area contributed by atoms with Gasteiger partial charge in [-0.1, -0.05) is 19.3 Å². The topological polar surface area (TPSA) is 25.1 Å². The van der Waals surface area contributed by atoms with E-state index in [1.165, 1.54) is 44.9 Å². The zero-order valence-corrected chi connectivity index (χ0v) is 8.84. The Kier molecular flexibility index (Phi) is 2.29. The molecule has 2 unspecified atom stereocenters. The molecule has 3 aliphatic rings. The van der Waals surface area contributed by atoms with Crippen LogP contribution in [0.3, 0.4) is 0 Å². The Morgan fingerprint density at radius 2 is 1.36 bits per heavy atom. The molecule has 3 fully saturated rings. The van der Waals surface area contributed by atoms with Crippen molar-refractivity contribution in [3.05, 3.63) is 0 Å². The highest BCUT2D eigenvalue weighted by molar-refractivity contribution is 4.92. The summed E-state index contributed by atoms with van der Waals surface area (Å²) in [6.07, 6.45) is 11.0. The van der Waals surface area contributed by atoms with Crippen LogP contribution in [0.25, 0.3) is 0 Å². The summed E-state index contributed by atoms with van der Waals surface area (Å²) in [5, 5.41) is 0. The highest BCUT2D eigenvalue weighted by atomic mass is 16.6. The van der Waals surface area contributed by atoms with E-state index in [-0.39, 0.29) is 0 Å². The van der Waals surface area contributed by atoms with Gasteiger partial charge in [-0.3, -0.25) is 0 Å². The fourth-order valence-electron chi connectivity index (χ4n) is 3.13. The van der Waals surface area contributed by atoms with Gasteiger partial charge in [0.05, 0.1) is 25.4 Å². The molecule has 80 valence electrons. The smallest absolute Gasteiger partial charge is 0.0815 e. The van der Waals surface area contributed by atoms with Gasteiger partial charge in [0.25, 0.3) is 0 Å². The second-order valence-corrected chi connectivity index (χ2v) is 5.38. The van der Waals surface area contributed by atoms with E-state index < -0.39 is 0 Å². The van der Waals surface area contributed by atoms with Crippen molar-refractivity contribution >= 4 is 0 Å². The van der Waals surface area contributed by atoms with Crippen molar-refractivity contribution in [3.63, 3.8) is 0 Å². The van der Waals surface area contributed by atoms with E-state index >= 15 is 0 Å². The molecule has 0 aromatic rings. The number of epoxide rings is 2. The predicted octanol–water partition coefficient (Wildman–Crippen LogP) is 2.51. The van der Waals surface area contributed by atoms with Crippen LogP contribution in [0.1, 0.15) is 44.9 Å². The summed E-state index contributed by atoms with van der Waals surface area (Å²) in [6, 6.07) is 0. The molecule has 0 aromatic heterocycles. The Bertz CT molecular complexity index is 184. The lowest BCUT2D eigenvalue weighted by atomic mass is 9.68. The molecule has 14 heavy (non-hydrogen) atoms. The Labute approximate surface area is 86.0 Å². The van der Waals surface area contributed by atoms with E-state index in [0.29, 0.717) is 17.6 Å². The molecule has 2 heteroatoms. The van der Waals surface area contributed by atoms with Crippen LogP contribution in [-0.4, -0.2) is 25.4 Å². The minimum absolute atomic E-state index is 0.598. The summed E-state index contributed by atoms with van der Waals surface area (Å²) in [4.78, 5) is 0. The SMILES string of the molecule is C1CCC(CC2CO2)(CC2CO2)CC1. The number of hydrogen-bond donors (Lipinski definition) is 0. The van der Waals surface area contributed by atoms with Gasteiger partial charge in [0.1, 0.15) is 0 Å². The first-order chi connectivity index (χ1) is 6.86. The molecule has 2 atom stereocenters. The van der Waals surface area contributed by atoms with E-state index in [1.807, 2.05) is 0 Å². The van der Waals surface area contributed by atoms with Crippen LogP contribution in [-0.2, 0) is 9.47 Å². The lowest BCUT2D eigenvalue weighted by molar-refractivity contribution is 0.126. The van der Waals surface area contributed by atoms with Crippen molar-refractivity contribution in [2.45, 2.75) is 57.2 Å². The fraction of sp³-hybridized carbons (Fsp3) is 1.00. The van der Waals surface area contributed by atoms with Crippen molar-refractivity contribution in [2.75, 3.05) is 13.2 Å². The Hall–Kier alpha value is -0.0800. The summed E-state index contributed by atoms with van der Waals surface area (Å²) >= 11 is 0. The highest BCUT2D eigenvalue weighted by Gasteiger charge is 2.42. The monoisotopic (exact) mass is 196 g/mol. The molecular weight excluding hydrogens is 176 g/mol. The zero-order chi connectivity index (χ0) is 9.43. The van der Waals surface area contributed by atoms with Crippen LogP contribution < -0.4 is 0 Å². The molecular formula is C12H20O2. The van der Waals surface area contributed by atoms with Gasteiger partial charge in [-0.15, -0.1) is 0 Å². The maximum atomic E-state index is 5.40. The van der Waals surface area contributed by atoms with Gasteiger partial charge in [-0.2, -0.15) is 0 Å². The van der Waals surface area contributed by atoms with Gasteiger partial charge >= 0.3 is 0 Å². The molecule has 0 bridgehead atoms. The molecule has 0 aromatic carbocycles. The van der Waals surface area contributed by atoms with Crippen LogP contribution >= 0.6 is 0 Å². The average molecular weight is 196 g/mol. The molecule has 1 saturated carbocycles. The second-order valence-electron chi connectivity index (χ2n) is 5.38. The first-order valence-electron chi connectivity index (χ1n) is 6.10. The fourth-order valence-corrected chi connectivity index (χ4v) is 3.13. The van der Waals surface area contributed by atoms with Crippen molar-refractivity contribution in [3.8, 4) is 0 Å². The maximum Gasteiger partial charge on any atom is 0.0815 e. The molecule has 3 rings (SSSR count). The molecule has 2 saturated heterocycles. The van der Waals surface area contributed by atoms with E-state index in [9.17, 15) is 0 Å².